The van der Waals surface area contributed by atoms with Gasteiger partial charge in [0.1, 0.15) is 11.6 Å². The van der Waals surface area contributed by atoms with Gasteiger partial charge in [0.05, 0.1) is 11.7 Å². The standard InChI is InChI=1S/C13H19N5O/c1-8(2)6-16-12(19)9(3)18-11-4-5-15-7-10(11)17-13(18)14/h4-5,7-9H,6H2,1-3H3,(H2,14,17)(H,16,19). The number of carbonyl (C=O) groups is 1. The van der Waals surface area contributed by atoms with E-state index in [1.807, 2.05) is 13.0 Å². The molecule has 0 radical (unpaired) electrons. The van der Waals surface area contributed by atoms with E-state index in [-0.39, 0.29) is 5.91 Å². The monoisotopic (exact) mass is 261 g/mol. The maximum atomic E-state index is 12.1. The minimum Gasteiger partial charge on any atom is -0.369 e. The summed E-state index contributed by atoms with van der Waals surface area (Å²) >= 11 is 0. The van der Waals surface area contributed by atoms with Gasteiger partial charge < -0.3 is 11.1 Å². The summed E-state index contributed by atoms with van der Waals surface area (Å²) in [6.45, 7) is 6.57. The molecule has 0 saturated carbocycles. The number of imidazole rings is 1. The smallest absolute Gasteiger partial charge is 0.242 e. The Morgan fingerprint density at radius 2 is 2.21 bits per heavy atom. The molecule has 2 aromatic rings. The van der Waals surface area contributed by atoms with E-state index in [1.54, 1.807) is 17.0 Å². The zero-order valence-corrected chi connectivity index (χ0v) is 11.4. The number of hydrogen-bond acceptors (Lipinski definition) is 4. The van der Waals surface area contributed by atoms with Gasteiger partial charge in [-0.2, -0.15) is 0 Å². The lowest BCUT2D eigenvalue weighted by molar-refractivity contribution is -0.123. The maximum absolute atomic E-state index is 12.1. The molecule has 0 aliphatic carbocycles. The highest BCUT2D eigenvalue weighted by molar-refractivity contribution is 5.85. The molecule has 0 bridgehead atoms. The van der Waals surface area contributed by atoms with Crippen LogP contribution >= 0.6 is 0 Å². The minimum atomic E-state index is -0.397. The molecule has 6 heteroatoms. The number of pyridine rings is 1. The van der Waals surface area contributed by atoms with Crippen LogP contribution in [0.1, 0.15) is 26.8 Å². The number of rotatable bonds is 4. The predicted molar refractivity (Wildman–Crippen MR) is 74.5 cm³/mol. The van der Waals surface area contributed by atoms with Crippen LogP contribution < -0.4 is 11.1 Å². The molecule has 1 amide bonds. The van der Waals surface area contributed by atoms with Gasteiger partial charge >= 0.3 is 0 Å². The normalized spacial score (nSPS) is 12.8. The molecular weight excluding hydrogens is 242 g/mol. The first-order chi connectivity index (χ1) is 9.00. The molecule has 0 spiro atoms. The quantitative estimate of drug-likeness (QED) is 0.869. The molecule has 19 heavy (non-hydrogen) atoms. The van der Waals surface area contributed by atoms with Crippen LogP contribution in [0.4, 0.5) is 5.95 Å². The highest BCUT2D eigenvalue weighted by Crippen LogP contribution is 2.21. The van der Waals surface area contributed by atoms with E-state index in [9.17, 15) is 4.79 Å². The van der Waals surface area contributed by atoms with Crippen LogP contribution in [0.25, 0.3) is 11.0 Å². The predicted octanol–water partition coefficient (Wildman–Crippen LogP) is 1.35. The largest absolute Gasteiger partial charge is 0.369 e. The number of nitrogens with one attached hydrogen (secondary N) is 1. The van der Waals surface area contributed by atoms with Crippen LogP contribution in [0.5, 0.6) is 0 Å². The summed E-state index contributed by atoms with van der Waals surface area (Å²) < 4.78 is 1.73. The van der Waals surface area contributed by atoms with Crippen molar-refractivity contribution < 1.29 is 4.79 Å². The van der Waals surface area contributed by atoms with Crippen LogP contribution in [0.3, 0.4) is 0 Å². The average Bonchev–Trinajstić information content (AvgIpc) is 2.70. The summed E-state index contributed by atoms with van der Waals surface area (Å²) in [4.78, 5) is 20.3. The number of carbonyl (C=O) groups excluding carboxylic acids is 1. The van der Waals surface area contributed by atoms with Gasteiger partial charge in [0.2, 0.25) is 11.9 Å². The maximum Gasteiger partial charge on any atom is 0.242 e. The molecule has 6 nitrogen and oxygen atoms in total. The van der Waals surface area contributed by atoms with Crippen LogP contribution in [-0.2, 0) is 4.79 Å². The van der Waals surface area contributed by atoms with E-state index in [4.69, 9.17) is 5.73 Å². The van der Waals surface area contributed by atoms with Gasteiger partial charge in [-0.1, -0.05) is 13.8 Å². The van der Waals surface area contributed by atoms with Crippen LogP contribution in [0.2, 0.25) is 0 Å². The Hall–Kier alpha value is -2.11. The Morgan fingerprint density at radius 1 is 1.47 bits per heavy atom. The second kappa shape index (κ2) is 5.26. The molecule has 2 aromatic heterocycles. The molecule has 0 saturated heterocycles. The molecule has 102 valence electrons. The van der Waals surface area contributed by atoms with E-state index < -0.39 is 6.04 Å². The zero-order chi connectivity index (χ0) is 14.0. The summed E-state index contributed by atoms with van der Waals surface area (Å²) in [5.41, 5.74) is 7.41. The third kappa shape index (κ3) is 2.67. The fourth-order valence-corrected chi connectivity index (χ4v) is 1.95. The second-order valence-electron chi connectivity index (χ2n) is 5.02. The van der Waals surface area contributed by atoms with E-state index in [0.29, 0.717) is 23.9 Å². The molecule has 0 aliphatic rings. The lowest BCUT2D eigenvalue weighted by Crippen LogP contribution is -2.33. The van der Waals surface area contributed by atoms with Crippen molar-refractivity contribution in [1.29, 1.82) is 0 Å². The number of anilines is 1. The van der Waals surface area contributed by atoms with Crippen LogP contribution in [0.15, 0.2) is 18.5 Å². The summed E-state index contributed by atoms with van der Waals surface area (Å²) in [5, 5.41) is 2.90. The van der Waals surface area contributed by atoms with Crippen molar-refractivity contribution in [1.82, 2.24) is 19.9 Å². The van der Waals surface area contributed by atoms with Gasteiger partial charge in [0, 0.05) is 12.7 Å². The van der Waals surface area contributed by atoms with Gasteiger partial charge in [-0.05, 0) is 18.9 Å². The third-order valence-electron chi connectivity index (χ3n) is 2.97. The van der Waals surface area contributed by atoms with Crippen molar-refractivity contribution in [2.75, 3.05) is 12.3 Å². The van der Waals surface area contributed by atoms with Crippen molar-refractivity contribution in [3.8, 4) is 0 Å². The number of hydrogen-bond donors (Lipinski definition) is 2. The van der Waals surface area contributed by atoms with Crippen molar-refractivity contribution in [3.63, 3.8) is 0 Å². The summed E-state index contributed by atoms with van der Waals surface area (Å²) in [6.07, 6.45) is 3.31. The fourth-order valence-electron chi connectivity index (χ4n) is 1.95. The average molecular weight is 261 g/mol. The first-order valence-corrected chi connectivity index (χ1v) is 6.36. The van der Waals surface area contributed by atoms with E-state index in [2.05, 4.69) is 29.1 Å². The Bertz CT molecular complexity index is 590. The molecule has 0 aliphatic heterocycles. The Balaban J connectivity index is 2.28. The first-order valence-electron chi connectivity index (χ1n) is 6.36. The molecular formula is C13H19N5O. The number of aromatic nitrogens is 3. The van der Waals surface area contributed by atoms with Crippen molar-refractivity contribution in [2.45, 2.75) is 26.8 Å². The number of nitrogens with zero attached hydrogens (tertiary/aromatic N) is 3. The Kier molecular flexibility index (Phi) is 3.69. The summed E-state index contributed by atoms with van der Waals surface area (Å²) in [6, 6.07) is 1.41. The zero-order valence-electron chi connectivity index (χ0n) is 11.4. The van der Waals surface area contributed by atoms with Gasteiger partial charge in [0.25, 0.3) is 0 Å². The van der Waals surface area contributed by atoms with Gasteiger partial charge in [-0.3, -0.25) is 14.3 Å². The SMILES string of the molecule is CC(C)CNC(=O)C(C)n1c(N)nc2cnccc21. The summed E-state index contributed by atoms with van der Waals surface area (Å²) in [5.74, 6) is 0.684. The van der Waals surface area contributed by atoms with Crippen LogP contribution in [0, 0.1) is 5.92 Å². The highest BCUT2D eigenvalue weighted by atomic mass is 16.2. The fraction of sp³-hybridized carbons (Fsp3) is 0.462. The van der Waals surface area contributed by atoms with Gasteiger partial charge in [-0.25, -0.2) is 4.98 Å². The lowest BCUT2D eigenvalue weighted by Gasteiger charge is -2.16. The van der Waals surface area contributed by atoms with Crippen molar-refractivity contribution >= 4 is 22.9 Å². The molecule has 2 heterocycles. The molecule has 1 unspecified atom stereocenters. The first kappa shape index (κ1) is 13.3. The lowest BCUT2D eigenvalue weighted by atomic mass is 10.2. The molecule has 1 atom stereocenters. The molecule has 0 aromatic carbocycles. The van der Waals surface area contributed by atoms with Crippen molar-refractivity contribution in [2.24, 2.45) is 5.92 Å². The van der Waals surface area contributed by atoms with Crippen molar-refractivity contribution in [3.05, 3.63) is 18.5 Å². The topological polar surface area (TPSA) is 85.8 Å². The van der Waals surface area contributed by atoms with Crippen LogP contribution in [-0.4, -0.2) is 27.0 Å². The Morgan fingerprint density at radius 3 is 2.89 bits per heavy atom. The highest BCUT2D eigenvalue weighted by Gasteiger charge is 2.20. The second-order valence-corrected chi connectivity index (χ2v) is 5.02. The molecule has 0 fully saturated rings. The van der Waals surface area contributed by atoms with E-state index >= 15 is 0 Å². The van der Waals surface area contributed by atoms with E-state index in [0.717, 1.165) is 5.52 Å². The number of nitrogen functional groups attached to an aromatic ring is 1. The number of fused-ring (bicyclic) bond motifs is 1. The van der Waals surface area contributed by atoms with Gasteiger partial charge in [-0.15, -0.1) is 0 Å². The Labute approximate surface area is 112 Å². The third-order valence-corrected chi connectivity index (χ3v) is 2.97. The van der Waals surface area contributed by atoms with Gasteiger partial charge in [0.15, 0.2) is 0 Å². The molecule has 2 rings (SSSR count). The summed E-state index contributed by atoms with van der Waals surface area (Å²) in [7, 11) is 0. The number of nitrogens with two attached hydrogens (primary N) is 1. The minimum absolute atomic E-state index is 0.0588. The number of amides is 1. The molecule has 3 N–H and O–H groups in total. The van der Waals surface area contributed by atoms with E-state index in [1.165, 1.54) is 0 Å².